The minimum atomic E-state index is 0.259. The van der Waals surface area contributed by atoms with Gasteiger partial charge in [-0.3, -0.25) is 9.80 Å². The topological polar surface area (TPSA) is 44.5 Å². The van der Waals surface area contributed by atoms with Crippen molar-refractivity contribution < 1.29 is 5.11 Å². The Morgan fingerprint density at radius 3 is 2.63 bits per heavy atom. The third-order valence-electron chi connectivity index (χ3n) is 5.77. The van der Waals surface area contributed by atoms with E-state index in [-0.39, 0.29) is 6.61 Å². The lowest BCUT2D eigenvalue weighted by Crippen LogP contribution is -2.55. The number of aliphatic hydroxyl groups excluding tert-OH is 1. The molecule has 1 aromatic heterocycles. The van der Waals surface area contributed by atoms with Gasteiger partial charge in [0.2, 0.25) is 0 Å². The highest BCUT2D eigenvalue weighted by molar-refractivity contribution is 5.75. The normalized spacial score (nSPS) is 19.6. The van der Waals surface area contributed by atoms with Crippen LogP contribution in [0.1, 0.15) is 46.4 Å². The minimum Gasteiger partial charge on any atom is -0.396 e. The number of aryl methyl sites for hydroxylation is 1. The van der Waals surface area contributed by atoms with Gasteiger partial charge < -0.3 is 9.67 Å². The number of nitrogens with zero attached hydrogens (tertiary/aromatic N) is 4. The van der Waals surface area contributed by atoms with Gasteiger partial charge in [0, 0.05) is 44.9 Å². The van der Waals surface area contributed by atoms with E-state index in [0.29, 0.717) is 18.0 Å². The van der Waals surface area contributed by atoms with Crippen LogP contribution in [0.2, 0.25) is 0 Å². The van der Waals surface area contributed by atoms with E-state index in [1.807, 2.05) is 0 Å². The average molecular weight is 373 g/mol. The molecule has 27 heavy (non-hydrogen) atoms. The number of fused-ring (bicyclic) bond motifs is 1. The molecule has 5 heteroatoms. The molecule has 0 saturated carbocycles. The number of rotatable bonds is 8. The van der Waals surface area contributed by atoms with E-state index in [1.165, 1.54) is 17.8 Å². The summed E-state index contributed by atoms with van der Waals surface area (Å²) < 4.78 is 2.42. The molecule has 1 fully saturated rings. The van der Waals surface area contributed by atoms with Gasteiger partial charge in [0.1, 0.15) is 5.82 Å². The smallest absolute Gasteiger partial charge is 0.124 e. The average Bonchev–Trinajstić information content (AvgIpc) is 2.97. The molecule has 1 aromatic carbocycles. The van der Waals surface area contributed by atoms with Gasteiger partial charge in [-0.05, 0) is 44.7 Å². The molecule has 1 atom stereocenters. The largest absolute Gasteiger partial charge is 0.396 e. The van der Waals surface area contributed by atoms with Crippen molar-refractivity contribution in [1.82, 2.24) is 19.4 Å². The SMILES string of the molecule is CC(C)CCn1c(CN2CCN(C(C)C)[C@H](CCO)C2)nc2ccccc21. The molecule has 0 unspecified atom stereocenters. The second-order valence-electron chi connectivity index (χ2n) is 8.58. The molecule has 0 amide bonds. The Morgan fingerprint density at radius 2 is 1.93 bits per heavy atom. The van der Waals surface area contributed by atoms with Gasteiger partial charge in [-0.2, -0.15) is 0 Å². The van der Waals surface area contributed by atoms with E-state index < -0.39 is 0 Å². The van der Waals surface area contributed by atoms with Crippen LogP contribution >= 0.6 is 0 Å². The molecule has 5 nitrogen and oxygen atoms in total. The molecule has 1 saturated heterocycles. The highest BCUT2D eigenvalue weighted by atomic mass is 16.3. The van der Waals surface area contributed by atoms with E-state index in [0.717, 1.165) is 44.7 Å². The standard InChI is InChI=1S/C22H36N4O/c1-17(2)9-11-26-21-8-6-5-7-20(21)23-22(26)16-24-12-13-25(18(3)4)19(15-24)10-14-27/h5-8,17-19,27H,9-16H2,1-4H3/t19-/m1/s1. The summed E-state index contributed by atoms with van der Waals surface area (Å²) in [4.78, 5) is 10.0. The summed E-state index contributed by atoms with van der Waals surface area (Å²) >= 11 is 0. The van der Waals surface area contributed by atoms with E-state index >= 15 is 0 Å². The third-order valence-corrected chi connectivity index (χ3v) is 5.77. The second-order valence-corrected chi connectivity index (χ2v) is 8.58. The summed E-state index contributed by atoms with van der Waals surface area (Å²) in [6, 6.07) is 9.45. The van der Waals surface area contributed by atoms with Gasteiger partial charge in [0.15, 0.2) is 0 Å². The van der Waals surface area contributed by atoms with Crippen molar-refractivity contribution in [3.05, 3.63) is 30.1 Å². The summed E-state index contributed by atoms with van der Waals surface area (Å²) in [5.74, 6) is 1.86. The molecule has 3 rings (SSSR count). The van der Waals surface area contributed by atoms with Crippen LogP contribution in [0.4, 0.5) is 0 Å². The van der Waals surface area contributed by atoms with E-state index in [4.69, 9.17) is 4.98 Å². The molecule has 1 aliphatic rings. The Kier molecular flexibility index (Phi) is 6.90. The van der Waals surface area contributed by atoms with Crippen LogP contribution in [0.3, 0.4) is 0 Å². The first kappa shape index (κ1) is 20.3. The van der Waals surface area contributed by atoms with Crippen LogP contribution in [0, 0.1) is 5.92 Å². The lowest BCUT2D eigenvalue weighted by molar-refractivity contribution is 0.0335. The van der Waals surface area contributed by atoms with Crippen molar-refractivity contribution in [2.24, 2.45) is 5.92 Å². The Morgan fingerprint density at radius 1 is 1.15 bits per heavy atom. The molecule has 0 aliphatic carbocycles. The van der Waals surface area contributed by atoms with Crippen LogP contribution in [-0.2, 0) is 13.1 Å². The number of hydrogen-bond acceptors (Lipinski definition) is 4. The summed E-state index contributed by atoms with van der Waals surface area (Å²) in [6.07, 6.45) is 2.01. The second kappa shape index (κ2) is 9.18. The van der Waals surface area contributed by atoms with Crippen molar-refractivity contribution in [3.8, 4) is 0 Å². The predicted molar refractivity (Wildman–Crippen MR) is 112 cm³/mol. The maximum atomic E-state index is 9.49. The summed E-state index contributed by atoms with van der Waals surface area (Å²) in [5, 5.41) is 9.49. The quantitative estimate of drug-likeness (QED) is 0.772. The fourth-order valence-electron chi connectivity index (χ4n) is 4.25. The Balaban J connectivity index is 1.78. The van der Waals surface area contributed by atoms with Crippen LogP contribution in [0.5, 0.6) is 0 Å². The molecular formula is C22H36N4O. The van der Waals surface area contributed by atoms with E-state index in [2.05, 4.69) is 66.3 Å². The number of aliphatic hydroxyl groups is 1. The zero-order valence-electron chi connectivity index (χ0n) is 17.4. The first-order valence-corrected chi connectivity index (χ1v) is 10.5. The van der Waals surface area contributed by atoms with Crippen molar-refractivity contribution in [1.29, 1.82) is 0 Å². The van der Waals surface area contributed by atoms with Gasteiger partial charge in [0.25, 0.3) is 0 Å². The molecule has 150 valence electrons. The van der Waals surface area contributed by atoms with Gasteiger partial charge >= 0.3 is 0 Å². The highest BCUT2D eigenvalue weighted by Crippen LogP contribution is 2.22. The molecule has 1 N–H and O–H groups in total. The molecular weight excluding hydrogens is 336 g/mol. The third kappa shape index (κ3) is 4.89. The first-order valence-electron chi connectivity index (χ1n) is 10.5. The number of hydrogen-bond donors (Lipinski definition) is 1. The number of aromatic nitrogens is 2. The van der Waals surface area contributed by atoms with Crippen molar-refractivity contribution >= 4 is 11.0 Å². The Bertz CT molecular complexity index is 724. The zero-order chi connectivity index (χ0) is 19.4. The van der Waals surface area contributed by atoms with Gasteiger partial charge in [-0.15, -0.1) is 0 Å². The Labute approximate surface area is 164 Å². The molecule has 2 heterocycles. The van der Waals surface area contributed by atoms with E-state index in [1.54, 1.807) is 0 Å². The minimum absolute atomic E-state index is 0.259. The van der Waals surface area contributed by atoms with Crippen LogP contribution < -0.4 is 0 Å². The lowest BCUT2D eigenvalue weighted by Gasteiger charge is -2.43. The fraction of sp³-hybridized carbons (Fsp3) is 0.682. The van der Waals surface area contributed by atoms with Gasteiger partial charge in [0.05, 0.1) is 17.6 Å². The van der Waals surface area contributed by atoms with E-state index in [9.17, 15) is 5.11 Å². The molecule has 2 aromatic rings. The number of piperazine rings is 1. The van der Waals surface area contributed by atoms with Crippen LogP contribution in [0.15, 0.2) is 24.3 Å². The Hall–Kier alpha value is -1.43. The molecule has 0 bridgehead atoms. The fourth-order valence-corrected chi connectivity index (χ4v) is 4.25. The number of imidazole rings is 1. The lowest BCUT2D eigenvalue weighted by atomic mass is 10.1. The van der Waals surface area contributed by atoms with Crippen LogP contribution in [-0.4, -0.2) is 62.8 Å². The summed E-state index contributed by atoms with van der Waals surface area (Å²) in [7, 11) is 0. The van der Waals surface area contributed by atoms with Crippen molar-refractivity contribution in [3.63, 3.8) is 0 Å². The molecule has 1 aliphatic heterocycles. The maximum absolute atomic E-state index is 9.49. The van der Waals surface area contributed by atoms with Crippen LogP contribution in [0.25, 0.3) is 11.0 Å². The number of benzene rings is 1. The summed E-state index contributed by atoms with van der Waals surface area (Å²) in [5.41, 5.74) is 2.35. The number of para-hydroxylation sites is 2. The predicted octanol–water partition coefficient (Wildman–Crippen LogP) is 3.36. The van der Waals surface area contributed by atoms with Crippen molar-refractivity contribution in [2.45, 2.75) is 65.7 Å². The zero-order valence-corrected chi connectivity index (χ0v) is 17.4. The summed E-state index contributed by atoms with van der Waals surface area (Å²) in [6.45, 7) is 14.4. The van der Waals surface area contributed by atoms with Gasteiger partial charge in [-0.25, -0.2) is 4.98 Å². The first-order chi connectivity index (χ1) is 13.0. The monoisotopic (exact) mass is 372 g/mol. The maximum Gasteiger partial charge on any atom is 0.124 e. The molecule has 0 spiro atoms. The van der Waals surface area contributed by atoms with Crippen molar-refractivity contribution in [2.75, 3.05) is 26.2 Å². The highest BCUT2D eigenvalue weighted by Gasteiger charge is 2.29. The van der Waals surface area contributed by atoms with Gasteiger partial charge in [-0.1, -0.05) is 26.0 Å². The molecule has 0 radical (unpaired) electrons.